The van der Waals surface area contributed by atoms with E-state index in [1.54, 1.807) is 30.3 Å². The average Bonchev–Trinajstić information content (AvgIpc) is 3.59. The van der Waals surface area contributed by atoms with Crippen LogP contribution in [0.4, 0.5) is 0 Å². The van der Waals surface area contributed by atoms with Gasteiger partial charge in [-0.1, -0.05) is 54.1 Å². The van der Waals surface area contributed by atoms with Crippen molar-refractivity contribution < 1.29 is 22.8 Å². The van der Waals surface area contributed by atoms with E-state index in [9.17, 15) is 22.8 Å². The van der Waals surface area contributed by atoms with Crippen LogP contribution < -0.4 is 21.5 Å². The number of sulfonamides is 1. The third-order valence-electron chi connectivity index (χ3n) is 7.40. The number of carbonyl (C=O) groups is 3. The van der Waals surface area contributed by atoms with Crippen LogP contribution in [0, 0.1) is 6.92 Å². The summed E-state index contributed by atoms with van der Waals surface area (Å²) in [6.07, 6.45) is 1.51. The normalized spacial score (nSPS) is 20.0. The molecule has 2 heterocycles. The van der Waals surface area contributed by atoms with E-state index in [0.29, 0.717) is 37.9 Å². The largest absolute Gasteiger partial charge is 0.350 e. The second-order valence-corrected chi connectivity index (χ2v) is 12.3. The minimum absolute atomic E-state index is 0.229. The first-order valence-electron chi connectivity index (χ1n) is 13.5. The highest BCUT2D eigenvalue weighted by Crippen LogP contribution is 2.21. The number of rotatable bonds is 10. The van der Waals surface area contributed by atoms with Gasteiger partial charge in [0, 0.05) is 38.8 Å². The minimum Gasteiger partial charge on any atom is -0.350 e. The molecule has 216 valence electrons. The van der Waals surface area contributed by atoms with Crippen molar-refractivity contribution in [3.63, 3.8) is 0 Å². The maximum atomic E-state index is 13.8. The molecule has 2 aliphatic heterocycles. The number of nitrogens with two attached hydrogens (primary N) is 2. The van der Waals surface area contributed by atoms with Gasteiger partial charge in [-0.3, -0.25) is 14.4 Å². The van der Waals surface area contributed by atoms with E-state index in [0.717, 1.165) is 16.7 Å². The average molecular weight is 571 g/mol. The fraction of sp³-hybridized carbons (Fsp3) is 0.464. The standard InChI is InChI=1S/C28H38N6O5S/c1-19-9-10-21(15-29)22(14-19)16-31-26(35)24-8-5-12-34(24)28(37)25(27(36)33-13-11-23(30)17-33)32-40(38,39)18-20-6-3-2-4-7-20/h2-4,6-7,9-10,14,23-25,32H,5,8,11-13,15-18,29-30H2,1H3,(H,31,35)/t23-,24+,25?/m1/s1. The first-order valence-corrected chi connectivity index (χ1v) is 15.2. The number of benzene rings is 2. The molecule has 12 heteroatoms. The van der Waals surface area contributed by atoms with Crippen LogP contribution >= 0.6 is 0 Å². The number of amides is 3. The van der Waals surface area contributed by atoms with Gasteiger partial charge in [0.15, 0.2) is 6.04 Å². The van der Waals surface area contributed by atoms with Crippen molar-refractivity contribution in [3.8, 4) is 0 Å². The molecule has 2 saturated heterocycles. The summed E-state index contributed by atoms with van der Waals surface area (Å²) >= 11 is 0. The highest BCUT2D eigenvalue weighted by Gasteiger charge is 2.43. The molecule has 2 aliphatic rings. The molecule has 0 aliphatic carbocycles. The number of aryl methyl sites for hydroxylation is 1. The van der Waals surface area contributed by atoms with Crippen LogP contribution in [-0.4, -0.2) is 73.7 Å². The number of hydrogen-bond donors (Lipinski definition) is 4. The molecule has 3 amide bonds. The summed E-state index contributed by atoms with van der Waals surface area (Å²) in [6.45, 7) is 3.31. The Balaban J connectivity index is 1.52. The van der Waals surface area contributed by atoms with Crippen molar-refractivity contribution in [1.82, 2.24) is 19.8 Å². The van der Waals surface area contributed by atoms with Crippen molar-refractivity contribution in [1.29, 1.82) is 0 Å². The Morgan fingerprint density at radius 2 is 1.77 bits per heavy atom. The highest BCUT2D eigenvalue weighted by atomic mass is 32.2. The van der Waals surface area contributed by atoms with E-state index in [2.05, 4.69) is 10.0 Å². The second kappa shape index (κ2) is 12.9. The third kappa shape index (κ3) is 7.25. The summed E-state index contributed by atoms with van der Waals surface area (Å²) < 4.78 is 28.6. The lowest BCUT2D eigenvalue weighted by atomic mass is 10.0. The zero-order chi connectivity index (χ0) is 28.9. The topological polar surface area (TPSA) is 168 Å². The van der Waals surface area contributed by atoms with Gasteiger partial charge in [0.1, 0.15) is 6.04 Å². The molecule has 3 atom stereocenters. The lowest BCUT2D eigenvalue weighted by Gasteiger charge is -2.30. The van der Waals surface area contributed by atoms with Gasteiger partial charge in [-0.05, 0) is 42.9 Å². The van der Waals surface area contributed by atoms with Crippen LogP contribution in [0.5, 0.6) is 0 Å². The number of hydrogen-bond acceptors (Lipinski definition) is 7. The fourth-order valence-corrected chi connectivity index (χ4v) is 6.55. The van der Waals surface area contributed by atoms with Gasteiger partial charge < -0.3 is 26.6 Å². The summed E-state index contributed by atoms with van der Waals surface area (Å²) in [6, 6.07) is 11.6. The molecule has 2 fully saturated rings. The van der Waals surface area contributed by atoms with Crippen LogP contribution in [0.15, 0.2) is 48.5 Å². The predicted octanol–water partition coefficient (Wildman–Crippen LogP) is 0.109. The molecule has 2 aromatic carbocycles. The summed E-state index contributed by atoms with van der Waals surface area (Å²) in [7, 11) is -4.08. The Kier molecular flexibility index (Phi) is 9.56. The Morgan fingerprint density at radius 3 is 2.45 bits per heavy atom. The molecule has 0 bridgehead atoms. The molecule has 0 radical (unpaired) electrons. The predicted molar refractivity (Wildman–Crippen MR) is 151 cm³/mol. The van der Waals surface area contributed by atoms with Crippen LogP contribution in [0.2, 0.25) is 0 Å². The van der Waals surface area contributed by atoms with Gasteiger partial charge in [-0.2, -0.15) is 4.72 Å². The van der Waals surface area contributed by atoms with E-state index < -0.39 is 39.7 Å². The number of likely N-dealkylation sites (tertiary alicyclic amines) is 2. The van der Waals surface area contributed by atoms with Gasteiger partial charge >= 0.3 is 0 Å². The van der Waals surface area contributed by atoms with E-state index in [4.69, 9.17) is 11.5 Å². The Hall–Kier alpha value is -3.32. The lowest BCUT2D eigenvalue weighted by Crippen LogP contribution is -2.59. The van der Waals surface area contributed by atoms with Crippen molar-refractivity contribution in [3.05, 3.63) is 70.8 Å². The van der Waals surface area contributed by atoms with Gasteiger partial charge in [0.2, 0.25) is 21.8 Å². The molecule has 11 nitrogen and oxygen atoms in total. The number of nitrogens with one attached hydrogen (secondary N) is 2. The molecule has 40 heavy (non-hydrogen) atoms. The lowest BCUT2D eigenvalue weighted by molar-refractivity contribution is -0.146. The monoisotopic (exact) mass is 570 g/mol. The van der Waals surface area contributed by atoms with Crippen molar-refractivity contribution in [2.75, 3.05) is 19.6 Å². The van der Waals surface area contributed by atoms with E-state index in [-0.39, 0.29) is 31.6 Å². The molecular weight excluding hydrogens is 532 g/mol. The summed E-state index contributed by atoms with van der Waals surface area (Å²) in [4.78, 5) is 43.3. The zero-order valence-electron chi connectivity index (χ0n) is 22.7. The summed E-state index contributed by atoms with van der Waals surface area (Å²) in [5, 5.41) is 2.90. The molecule has 6 N–H and O–H groups in total. The first-order chi connectivity index (χ1) is 19.1. The first kappa shape index (κ1) is 29.7. The Morgan fingerprint density at radius 1 is 1.02 bits per heavy atom. The SMILES string of the molecule is Cc1ccc(CN)c(CNC(=O)[C@@H]2CCCN2C(=O)C(NS(=O)(=O)Cc2ccccc2)C(=O)N2CC[C@@H](N)C2)c1. The van der Waals surface area contributed by atoms with Crippen molar-refractivity contribution >= 4 is 27.7 Å². The van der Waals surface area contributed by atoms with Gasteiger partial charge in [0.05, 0.1) is 5.75 Å². The van der Waals surface area contributed by atoms with Crippen LogP contribution in [0.25, 0.3) is 0 Å². The molecule has 0 spiro atoms. The number of carbonyl (C=O) groups excluding carboxylic acids is 3. The van der Waals surface area contributed by atoms with Crippen molar-refractivity contribution in [2.24, 2.45) is 11.5 Å². The Bertz CT molecular complexity index is 1340. The zero-order valence-corrected chi connectivity index (χ0v) is 23.5. The van der Waals surface area contributed by atoms with E-state index in [1.165, 1.54) is 9.80 Å². The van der Waals surface area contributed by atoms with Gasteiger partial charge in [0.25, 0.3) is 5.91 Å². The molecule has 0 aromatic heterocycles. The number of nitrogens with zero attached hydrogens (tertiary/aromatic N) is 2. The highest BCUT2D eigenvalue weighted by molar-refractivity contribution is 7.88. The quantitative estimate of drug-likeness (QED) is 0.294. The van der Waals surface area contributed by atoms with Gasteiger partial charge in [-0.25, -0.2) is 8.42 Å². The van der Waals surface area contributed by atoms with Gasteiger partial charge in [-0.15, -0.1) is 0 Å². The summed E-state index contributed by atoms with van der Waals surface area (Å²) in [5.74, 6) is -2.16. The van der Waals surface area contributed by atoms with E-state index in [1.807, 2.05) is 25.1 Å². The molecule has 2 aromatic rings. The Labute approximate surface area is 235 Å². The molecule has 0 saturated carbocycles. The maximum absolute atomic E-state index is 13.8. The smallest absolute Gasteiger partial charge is 0.251 e. The molecule has 4 rings (SSSR count). The van der Waals surface area contributed by atoms with Crippen molar-refractivity contribution in [2.45, 2.75) is 63.2 Å². The van der Waals surface area contributed by atoms with Crippen LogP contribution in [-0.2, 0) is 43.2 Å². The van der Waals surface area contributed by atoms with Crippen LogP contribution in [0.3, 0.4) is 0 Å². The molecular formula is C28H38N6O5S. The fourth-order valence-electron chi connectivity index (χ4n) is 5.28. The molecule has 1 unspecified atom stereocenters. The third-order valence-corrected chi connectivity index (χ3v) is 8.71. The minimum atomic E-state index is -4.08. The van der Waals surface area contributed by atoms with E-state index >= 15 is 0 Å². The van der Waals surface area contributed by atoms with Crippen LogP contribution in [0.1, 0.15) is 41.5 Å². The summed E-state index contributed by atoms with van der Waals surface area (Å²) in [5.41, 5.74) is 15.2. The maximum Gasteiger partial charge on any atom is 0.251 e. The second-order valence-electron chi connectivity index (χ2n) is 10.5.